The minimum atomic E-state index is 0.279. The largest absolute Gasteiger partial charge is 0.481 e. The van der Waals surface area contributed by atoms with Crippen LogP contribution in [0, 0.1) is 0 Å². The van der Waals surface area contributed by atoms with Crippen LogP contribution in [0.2, 0.25) is 5.28 Å². The third-order valence-electron chi connectivity index (χ3n) is 2.43. The van der Waals surface area contributed by atoms with Crippen LogP contribution < -0.4 is 4.74 Å². The van der Waals surface area contributed by atoms with Gasteiger partial charge in [-0.2, -0.15) is 4.98 Å². The summed E-state index contributed by atoms with van der Waals surface area (Å²) in [6.07, 6.45) is 3.70. The predicted molar refractivity (Wildman–Crippen MR) is 50.2 cm³/mol. The van der Waals surface area contributed by atoms with Crippen LogP contribution in [0.4, 0.5) is 0 Å². The summed E-state index contributed by atoms with van der Waals surface area (Å²) in [7, 11) is 1.59. The Bertz CT molecular complexity index is 312. The summed E-state index contributed by atoms with van der Waals surface area (Å²) in [5.74, 6) is 1.12. The molecule has 70 valence electrons. The predicted octanol–water partition coefficient (Wildman–Crippen LogP) is 2.41. The van der Waals surface area contributed by atoms with Crippen molar-refractivity contribution in [3.05, 3.63) is 17.0 Å². The maximum atomic E-state index is 5.75. The molecule has 0 atom stereocenters. The van der Waals surface area contributed by atoms with Crippen molar-refractivity contribution in [3.63, 3.8) is 0 Å². The number of halogens is 1. The van der Waals surface area contributed by atoms with E-state index in [0.29, 0.717) is 11.8 Å². The molecule has 1 heterocycles. The first-order chi connectivity index (χ1) is 6.29. The molecule has 0 bridgehead atoms. The van der Waals surface area contributed by atoms with E-state index < -0.39 is 0 Å². The quantitative estimate of drug-likeness (QED) is 0.685. The number of aromatic nitrogens is 2. The summed E-state index contributed by atoms with van der Waals surface area (Å²) in [5, 5.41) is 0.279. The summed E-state index contributed by atoms with van der Waals surface area (Å²) in [5.41, 5.74) is 1.02. The normalized spacial score (nSPS) is 16.8. The third-order valence-corrected chi connectivity index (χ3v) is 2.60. The van der Waals surface area contributed by atoms with E-state index in [1.807, 2.05) is 6.07 Å². The number of ether oxygens (including phenoxy) is 1. The summed E-state index contributed by atoms with van der Waals surface area (Å²) in [4.78, 5) is 8.10. The fourth-order valence-electron chi connectivity index (χ4n) is 1.43. The lowest BCUT2D eigenvalue weighted by Crippen LogP contribution is -2.11. The van der Waals surface area contributed by atoms with Crippen molar-refractivity contribution >= 4 is 11.6 Å². The number of hydrogen-bond donors (Lipinski definition) is 0. The van der Waals surface area contributed by atoms with Crippen LogP contribution in [0.1, 0.15) is 30.9 Å². The maximum absolute atomic E-state index is 5.75. The SMILES string of the molecule is COc1cc(C2CCC2)nc(Cl)n1. The molecule has 1 aliphatic rings. The Morgan fingerprint density at radius 2 is 2.23 bits per heavy atom. The smallest absolute Gasteiger partial charge is 0.225 e. The fourth-order valence-corrected chi connectivity index (χ4v) is 1.61. The van der Waals surface area contributed by atoms with E-state index in [9.17, 15) is 0 Å². The van der Waals surface area contributed by atoms with Crippen molar-refractivity contribution in [1.29, 1.82) is 0 Å². The van der Waals surface area contributed by atoms with Crippen LogP contribution in [-0.2, 0) is 0 Å². The Kier molecular flexibility index (Phi) is 2.36. The lowest BCUT2D eigenvalue weighted by Gasteiger charge is -2.24. The summed E-state index contributed by atoms with van der Waals surface area (Å²) in [6, 6.07) is 1.87. The van der Waals surface area contributed by atoms with Crippen molar-refractivity contribution in [2.75, 3.05) is 7.11 Å². The molecule has 3 nitrogen and oxygen atoms in total. The topological polar surface area (TPSA) is 35.0 Å². The molecule has 2 rings (SSSR count). The molecule has 1 aromatic rings. The van der Waals surface area contributed by atoms with Gasteiger partial charge in [-0.25, -0.2) is 4.98 Å². The molecule has 1 fully saturated rings. The molecule has 0 amide bonds. The molecule has 0 unspecified atom stereocenters. The second-order valence-electron chi connectivity index (χ2n) is 3.23. The van der Waals surface area contributed by atoms with Crippen molar-refractivity contribution in [2.45, 2.75) is 25.2 Å². The second kappa shape index (κ2) is 3.50. The third kappa shape index (κ3) is 1.75. The summed E-state index contributed by atoms with van der Waals surface area (Å²) < 4.78 is 5.02. The summed E-state index contributed by atoms with van der Waals surface area (Å²) in [6.45, 7) is 0. The van der Waals surface area contributed by atoms with Crippen LogP contribution in [0.3, 0.4) is 0 Å². The van der Waals surface area contributed by atoms with E-state index in [4.69, 9.17) is 16.3 Å². The lowest BCUT2D eigenvalue weighted by atomic mass is 9.83. The van der Waals surface area contributed by atoms with Gasteiger partial charge >= 0.3 is 0 Å². The minimum absolute atomic E-state index is 0.279. The molecule has 0 radical (unpaired) electrons. The van der Waals surface area contributed by atoms with Gasteiger partial charge in [0.05, 0.1) is 12.8 Å². The number of rotatable bonds is 2. The van der Waals surface area contributed by atoms with Crippen LogP contribution in [0.15, 0.2) is 6.07 Å². The number of methoxy groups -OCH3 is 1. The fraction of sp³-hybridized carbons (Fsp3) is 0.556. The van der Waals surface area contributed by atoms with Crippen molar-refractivity contribution in [3.8, 4) is 5.88 Å². The molecule has 1 saturated carbocycles. The highest BCUT2D eigenvalue weighted by Crippen LogP contribution is 2.36. The van der Waals surface area contributed by atoms with E-state index in [1.54, 1.807) is 7.11 Å². The molecule has 0 N–H and O–H groups in total. The van der Waals surface area contributed by atoms with Gasteiger partial charge in [0, 0.05) is 12.0 Å². The van der Waals surface area contributed by atoms with Gasteiger partial charge in [-0.1, -0.05) is 6.42 Å². The van der Waals surface area contributed by atoms with E-state index in [-0.39, 0.29) is 5.28 Å². The van der Waals surface area contributed by atoms with E-state index >= 15 is 0 Å². The van der Waals surface area contributed by atoms with Gasteiger partial charge in [0.2, 0.25) is 11.2 Å². The number of hydrogen-bond acceptors (Lipinski definition) is 3. The van der Waals surface area contributed by atoms with Crippen LogP contribution >= 0.6 is 11.6 Å². The standard InChI is InChI=1S/C9H11ClN2O/c1-13-8-5-7(6-3-2-4-6)11-9(10)12-8/h5-6H,2-4H2,1H3. The Morgan fingerprint density at radius 3 is 2.77 bits per heavy atom. The molecule has 4 heteroatoms. The van der Waals surface area contributed by atoms with E-state index in [0.717, 1.165) is 5.69 Å². The second-order valence-corrected chi connectivity index (χ2v) is 3.57. The molecular weight excluding hydrogens is 188 g/mol. The van der Waals surface area contributed by atoms with Gasteiger partial charge in [-0.3, -0.25) is 0 Å². The van der Waals surface area contributed by atoms with Crippen LogP contribution in [-0.4, -0.2) is 17.1 Å². The average Bonchev–Trinajstić information content (AvgIpc) is 2.00. The Hall–Kier alpha value is -0.830. The first-order valence-electron chi connectivity index (χ1n) is 4.38. The highest BCUT2D eigenvalue weighted by atomic mass is 35.5. The zero-order valence-electron chi connectivity index (χ0n) is 7.46. The van der Waals surface area contributed by atoms with Gasteiger partial charge in [0.15, 0.2) is 0 Å². The van der Waals surface area contributed by atoms with Crippen molar-refractivity contribution < 1.29 is 4.74 Å². The van der Waals surface area contributed by atoms with Crippen LogP contribution in [0.25, 0.3) is 0 Å². The van der Waals surface area contributed by atoms with E-state index in [2.05, 4.69) is 9.97 Å². The summed E-state index contributed by atoms with van der Waals surface area (Å²) >= 11 is 5.75. The molecular formula is C9H11ClN2O. The van der Waals surface area contributed by atoms with Crippen molar-refractivity contribution in [2.24, 2.45) is 0 Å². The Balaban J connectivity index is 2.28. The molecule has 1 aliphatic carbocycles. The molecule has 0 aliphatic heterocycles. The molecule has 0 aromatic carbocycles. The highest BCUT2D eigenvalue weighted by Gasteiger charge is 2.22. The molecule has 1 aromatic heterocycles. The Morgan fingerprint density at radius 1 is 1.46 bits per heavy atom. The lowest BCUT2D eigenvalue weighted by molar-refractivity contribution is 0.384. The monoisotopic (exact) mass is 198 g/mol. The van der Waals surface area contributed by atoms with Crippen LogP contribution in [0.5, 0.6) is 5.88 Å². The van der Waals surface area contributed by atoms with E-state index in [1.165, 1.54) is 19.3 Å². The zero-order valence-corrected chi connectivity index (χ0v) is 8.21. The molecule has 0 saturated heterocycles. The van der Waals surface area contributed by atoms with Gasteiger partial charge in [-0.15, -0.1) is 0 Å². The molecule has 0 spiro atoms. The maximum Gasteiger partial charge on any atom is 0.225 e. The number of nitrogens with zero attached hydrogens (tertiary/aromatic N) is 2. The first-order valence-corrected chi connectivity index (χ1v) is 4.76. The average molecular weight is 199 g/mol. The zero-order chi connectivity index (χ0) is 9.26. The van der Waals surface area contributed by atoms with Gasteiger partial charge in [0.1, 0.15) is 0 Å². The van der Waals surface area contributed by atoms with Gasteiger partial charge < -0.3 is 4.74 Å². The Labute approximate surface area is 82.1 Å². The van der Waals surface area contributed by atoms with Crippen molar-refractivity contribution in [1.82, 2.24) is 9.97 Å². The molecule has 13 heavy (non-hydrogen) atoms. The first kappa shape index (κ1) is 8.75. The minimum Gasteiger partial charge on any atom is -0.481 e. The highest BCUT2D eigenvalue weighted by molar-refractivity contribution is 6.28. The van der Waals surface area contributed by atoms with Gasteiger partial charge in [0.25, 0.3) is 0 Å². The van der Waals surface area contributed by atoms with Gasteiger partial charge in [-0.05, 0) is 24.4 Å².